The van der Waals surface area contributed by atoms with Gasteiger partial charge in [0.1, 0.15) is 12.4 Å². The van der Waals surface area contributed by atoms with Gasteiger partial charge in [-0.15, -0.1) is 0 Å². The van der Waals surface area contributed by atoms with Crippen LogP contribution in [0.15, 0.2) is 81.1 Å². The summed E-state index contributed by atoms with van der Waals surface area (Å²) in [6.45, 7) is 2.78. The van der Waals surface area contributed by atoms with Crippen molar-refractivity contribution in [3.8, 4) is 11.5 Å². The van der Waals surface area contributed by atoms with Gasteiger partial charge in [-0.3, -0.25) is 4.79 Å². The fourth-order valence-electron chi connectivity index (χ4n) is 3.07. The Morgan fingerprint density at radius 2 is 1.85 bits per heavy atom. The zero-order valence-corrected chi connectivity index (χ0v) is 20.1. The molecule has 0 saturated carbocycles. The lowest BCUT2D eigenvalue weighted by molar-refractivity contribution is -0.115. The van der Waals surface area contributed by atoms with Crippen molar-refractivity contribution >= 4 is 50.5 Å². The molecule has 5 nitrogen and oxygen atoms in total. The third-order valence-corrected chi connectivity index (χ3v) is 6.06. The van der Waals surface area contributed by atoms with Crippen LogP contribution >= 0.6 is 27.7 Å². The van der Waals surface area contributed by atoms with Crippen LogP contribution in [0, 0.1) is 5.82 Å². The van der Waals surface area contributed by atoms with Crippen molar-refractivity contribution in [1.82, 2.24) is 5.32 Å². The molecule has 33 heavy (non-hydrogen) atoms. The van der Waals surface area contributed by atoms with Crippen molar-refractivity contribution in [2.45, 2.75) is 13.5 Å². The first kappa shape index (κ1) is 23.1. The van der Waals surface area contributed by atoms with E-state index < -0.39 is 0 Å². The smallest absolute Gasteiger partial charge is 0.264 e. The summed E-state index contributed by atoms with van der Waals surface area (Å²) in [5.41, 5.74) is 2.38. The van der Waals surface area contributed by atoms with Crippen LogP contribution in [0.25, 0.3) is 6.08 Å². The molecule has 0 bridgehead atoms. The van der Waals surface area contributed by atoms with Gasteiger partial charge in [0.15, 0.2) is 16.7 Å². The molecule has 168 valence electrons. The number of rotatable bonds is 7. The second-order valence-corrected chi connectivity index (χ2v) is 8.88. The summed E-state index contributed by atoms with van der Waals surface area (Å²) in [6.07, 6.45) is 1.77. The number of benzene rings is 3. The number of nitrogens with zero attached hydrogens (tertiary/aromatic N) is 1. The summed E-state index contributed by atoms with van der Waals surface area (Å²) < 4.78 is 25.6. The Hall–Kier alpha value is -3.10. The Morgan fingerprint density at radius 3 is 2.58 bits per heavy atom. The number of amides is 1. The molecule has 1 amide bonds. The van der Waals surface area contributed by atoms with Gasteiger partial charge in [-0.2, -0.15) is 0 Å². The lowest BCUT2D eigenvalue weighted by atomic mass is 10.1. The maximum Gasteiger partial charge on any atom is 0.264 e. The number of amidine groups is 1. The molecule has 0 atom stereocenters. The van der Waals surface area contributed by atoms with Crippen molar-refractivity contribution in [3.05, 3.63) is 93.1 Å². The Bertz CT molecular complexity index is 1210. The molecule has 4 rings (SSSR count). The number of ether oxygens (including phenoxy) is 2. The van der Waals surface area contributed by atoms with Crippen molar-refractivity contribution in [2.24, 2.45) is 4.99 Å². The maximum atomic E-state index is 13.1. The van der Waals surface area contributed by atoms with Crippen LogP contribution in [0.5, 0.6) is 11.5 Å². The van der Waals surface area contributed by atoms with Crippen molar-refractivity contribution in [1.29, 1.82) is 0 Å². The highest BCUT2D eigenvalue weighted by atomic mass is 79.9. The number of hydrogen-bond acceptors (Lipinski definition) is 5. The summed E-state index contributed by atoms with van der Waals surface area (Å²) >= 11 is 4.79. The minimum Gasteiger partial charge on any atom is -0.490 e. The van der Waals surface area contributed by atoms with Crippen molar-refractivity contribution in [2.75, 3.05) is 6.61 Å². The molecule has 1 N–H and O–H groups in total. The molecule has 8 heteroatoms. The van der Waals surface area contributed by atoms with Crippen LogP contribution < -0.4 is 14.8 Å². The first-order chi connectivity index (χ1) is 16.0. The Morgan fingerprint density at radius 1 is 1.09 bits per heavy atom. The van der Waals surface area contributed by atoms with E-state index in [0.29, 0.717) is 40.5 Å². The van der Waals surface area contributed by atoms with Crippen LogP contribution in [0.1, 0.15) is 18.1 Å². The molecule has 1 heterocycles. The van der Waals surface area contributed by atoms with Gasteiger partial charge in [0.25, 0.3) is 5.91 Å². The van der Waals surface area contributed by atoms with E-state index in [1.54, 1.807) is 18.2 Å². The minimum absolute atomic E-state index is 0.251. The molecule has 0 aliphatic carbocycles. The largest absolute Gasteiger partial charge is 0.490 e. The average Bonchev–Trinajstić information content (AvgIpc) is 3.14. The van der Waals surface area contributed by atoms with Gasteiger partial charge in [0.05, 0.1) is 21.7 Å². The Kier molecular flexibility index (Phi) is 7.47. The summed E-state index contributed by atoms with van der Waals surface area (Å²) in [7, 11) is 0. The van der Waals surface area contributed by atoms with Gasteiger partial charge in [-0.05, 0) is 88.2 Å². The highest BCUT2D eigenvalue weighted by Crippen LogP contribution is 2.39. The molecule has 0 spiro atoms. The fraction of sp³-hybridized carbons (Fsp3) is 0.120. The molecule has 3 aromatic carbocycles. The topological polar surface area (TPSA) is 59.9 Å². The predicted octanol–water partition coefficient (Wildman–Crippen LogP) is 6.46. The van der Waals surface area contributed by atoms with E-state index in [-0.39, 0.29) is 11.7 Å². The standard InChI is InChI=1S/C25H20BrFN2O3S/c1-2-31-21-13-17(12-20(26)23(21)32-15-16-6-4-3-5-7-16)14-22-24(30)29-25(33-22)28-19-10-8-18(27)9-11-19/h3-14H,2,15H2,1H3,(H,28,29,30)/b22-14+. The summed E-state index contributed by atoms with van der Waals surface area (Å²) in [4.78, 5) is 17.3. The normalized spacial score (nSPS) is 15.7. The maximum absolute atomic E-state index is 13.1. The summed E-state index contributed by atoms with van der Waals surface area (Å²) in [5, 5.41) is 3.17. The second-order valence-electron chi connectivity index (χ2n) is 7.00. The SMILES string of the molecule is CCOc1cc(/C=C2/SC(=Nc3ccc(F)cc3)NC2=O)cc(Br)c1OCc1ccccc1. The third-order valence-electron chi connectivity index (χ3n) is 4.56. The monoisotopic (exact) mass is 526 g/mol. The average molecular weight is 527 g/mol. The lowest BCUT2D eigenvalue weighted by Gasteiger charge is -2.15. The third kappa shape index (κ3) is 6.03. The van der Waals surface area contributed by atoms with E-state index in [0.717, 1.165) is 15.6 Å². The quantitative estimate of drug-likeness (QED) is 0.359. The van der Waals surface area contributed by atoms with E-state index in [4.69, 9.17) is 9.47 Å². The molecule has 1 saturated heterocycles. The van der Waals surface area contributed by atoms with Crippen molar-refractivity contribution < 1.29 is 18.7 Å². The first-order valence-corrected chi connectivity index (χ1v) is 11.8. The number of thioether (sulfide) groups is 1. The van der Waals surface area contributed by atoms with Gasteiger partial charge in [-0.25, -0.2) is 9.38 Å². The highest BCUT2D eigenvalue weighted by Gasteiger charge is 2.24. The van der Waals surface area contributed by atoms with Gasteiger partial charge < -0.3 is 14.8 Å². The number of nitrogens with one attached hydrogen (secondary N) is 1. The molecule has 1 fully saturated rings. The van der Waals surface area contributed by atoms with Crippen LogP contribution in [0.2, 0.25) is 0 Å². The van der Waals surface area contributed by atoms with Gasteiger partial charge in [-0.1, -0.05) is 30.3 Å². The van der Waals surface area contributed by atoms with Crippen LogP contribution in [-0.2, 0) is 11.4 Å². The first-order valence-electron chi connectivity index (χ1n) is 10.2. The van der Waals surface area contributed by atoms with Gasteiger partial charge in [0, 0.05) is 0 Å². The molecular weight excluding hydrogens is 507 g/mol. The molecule has 0 radical (unpaired) electrons. The Labute approximate surface area is 203 Å². The van der Waals surface area contributed by atoms with Gasteiger partial charge in [0.2, 0.25) is 0 Å². The van der Waals surface area contributed by atoms with E-state index in [2.05, 4.69) is 26.2 Å². The fourth-order valence-corrected chi connectivity index (χ4v) is 4.48. The molecule has 3 aromatic rings. The molecule has 1 aliphatic rings. The van der Waals surface area contributed by atoms with Crippen molar-refractivity contribution in [3.63, 3.8) is 0 Å². The minimum atomic E-state index is -0.338. The number of carbonyl (C=O) groups is 1. The highest BCUT2D eigenvalue weighted by molar-refractivity contribution is 9.10. The number of halogens is 2. The molecule has 0 aromatic heterocycles. The van der Waals surface area contributed by atoms with E-state index in [9.17, 15) is 9.18 Å². The van der Waals surface area contributed by atoms with Crippen LogP contribution in [0.4, 0.5) is 10.1 Å². The summed E-state index contributed by atoms with van der Waals surface area (Å²) in [5.74, 6) is 0.595. The predicted molar refractivity (Wildman–Crippen MR) is 133 cm³/mol. The number of aliphatic imine (C=N–C) groups is 1. The Balaban J connectivity index is 1.55. The molecule has 0 unspecified atom stereocenters. The van der Waals surface area contributed by atoms with E-state index in [1.807, 2.05) is 49.4 Å². The lowest BCUT2D eigenvalue weighted by Crippen LogP contribution is -2.19. The van der Waals surface area contributed by atoms with Gasteiger partial charge >= 0.3 is 0 Å². The molecule has 1 aliphatic heterocycles. The van der Waals surface area contributed by atoms with E-state index >= 15 is 0 Å². The van der Waals surface area contributed by atoms with Crippen LogP contribution in [0.3, 0.4) is 0 Å². The zero-order chi connectivity index (χ0) is 23.2. The molecular formula is C25H20BrFN2O3S. The van der Waals surface area contributed by atoms with Crippen LogP contribution in [-0.4, -0.2) is 17.7 Å². The zero-order valence-electron chi connectivity index (χ0n) is 17.7. The number of carbonyl (C=O) groups excluding carboxylic acids is 1. The summed E-state index contributed by atoms with van der Waals surface area (Å²) in [6, 6.07) is 19.3. The number of hydrogen-bond donors (Lipinski definition) is 1. The van der Waals surface area contributed by atoms with E-state index in [1.165, 1.54) is 23.9 Å². The second kappa shape index (κ2) is 10.7.